The van der Waals surface area contributed by atoms with Crippen LogP contribution in [0, 0.1) is 0 Å². The van der Waals surface area contributed by atoms with Crippen LogP contribution in [0.25, 0.3) is 0 Å². The predicted molar refractivity (Wildman–Crippen MR) is 71.6 cm³/mol. The lowest BCUT2D eigenvalue weighted by Gasteiger charge is -2.28. The lowest BCUT2D eigenvalue weighted by atomic mass is 9.88. The van der Waals surface area contributed by atoms with E-state index in [2.05, 4.69) is 0 Å². The summed E-state index contributed by atoms with van der Waals surface area (Å²) in [6.07, 6.45) is -2.84. The highest BCUT2D eigenvalue weighted by atomic mass is 19.3. The van der Waals surface area contributed by atoms with Crippen LogP contribution >= 0.6 is 0 Å². The number of alkyl halides is 2. The molecule has 0 spiro atoms. The van der Waals surface area contributed by atoms with Crippen LogP contribution < -0.4 is 4.74 Å². The summed E-state index contributed by atoms with van der Waals surface area (Å²) in [7, 11) is 0. The Balaban J connectivity index is 2.90. The number of benzene rings is 1. The fraction of sp³-hybridized carbons (Fsp3) is 0.600. The van der Waals surface area contributed by atoms with Crippen molar-refractivity contribution in [1.29, 1.82) is 0 Å². The van der Waals surface area contributed by atoms with E-state index in [0.29, 0.717) is 11.3 Å². The van der Waals surface area contributed by atoms with Gasteiger partial charge < -0.3 is 9.84 Å². The van der Waals surface area contributed by atoms with Gasteiger partial charge in [-0.1, -0.05) is 19.1 Å². The minimum Gasteiger partial charge on any atom is -0.488 e. The van der Waals surface area contributed by atoms with Crippen molar-refractivity contribution in [2.24, 2.45) is 0 Å². The van der Waals surface area contributed by atoms with Crippen molar-refractivity contribution < 1.29 is 18.6 Å². The molecule has 0 radical (unpaired) electrons. The molecule has 0 bridgehead atoms. The van der Waals surface area contributed by atoms with Crippen molar-refractivity contribution in [3.05, 3.63) is 29.8 Å². The maximum Gasteiger partial charge on any atom is 0.241 e. The first-order valence-electron chi connectivity index (χ1n) is 6.46. The Hall–Kier alpha value is -1.16. The van der Waals surface area contributed by atoms with Crippen molar-refractivity contribution >= 4 is 0 Å². The zero-order valence-corrected chi connectivity index (χ0v) is 11.9. The topological polar surface area (TPSA) is 29.5 Å². The first-order valence-corrected chi connectivity index (χ1v) is 6.46. The van der Waals surface area contributed by atoms with Crippen molar-refractivity contribution in [3.63, 3.8) is 0 Å². The predicted octanol–water partition coefficient (Wildman–Crippen LogP) is 4.12. The SMILES string of the molecule is CCC(O)(CC(F)F)c1ccc(OC(C)(C)C)cc1. The van der Waals surface area contributed by atoms with Gasteiger partial charge in [0.05, 0.1) is 5.60 Å². The van der Waals surface area contributed by atoms with Gasteiger partial charge in [0, 0.05) is 6.42 Å². The first-order chi connectivity index (χ1) is 8.66. The Morgan fingerprint density at radius 1 is 1.16 bits per heavy atom. The molecule has 0 fully saturated rings. The van der Waals surface area contributed by atoms with E-state index in [1.165, 1.54) is 0 Å². The normalized spacial score (nSPS) is 15.4. The second-order valence-corrected chi connectivity index (χ2v) is 5.72. The summed E-state index contributed by atoms with van der Waals surface area (Å²) >= 11 is 0. The van der Waals surface area contributed by atoms with Gasteiger partial charge in [-0.3, -0.25) is 0 Å². The second-order valence-electron chi connectivity index (χ2n) is 5.72. The average molecular weight is 272 g/mol. The van der Waals surface area contributed by atoms with Crippen LogP contribution in [0.3, 0.4) is 0 Å². The molecule has 1 unspecified atom stereocenters. The Morgan fingerprint density at radius 3 is 2.05 bits per heavy atom. The van der Waals surface area contributed by atoms with Gasteiger partial charge in [-0.05, 0) is 44.9 Å². The van der Waals surface area contributed by atoms with E-state index in [4.69, 9.17) is 4.74 Å². The Kier molecular flexibility index (Phi) is 4.91. The van der Waals surface area contributed by atoms with Gasteiger partial charge in [0.1, 0.15) is 11.4 Å². The summed E-state index contributed by atoms with van der Waals surface area (Å²) in [5.74, 6) is 0.659. The van der Waals surface area contributed by atoms with Crippen molar-refractivity contribution in [2.45, 2.75) is 58.2 Å². The molecule has 0 aliphatic heterocycles. The molecule has 0 aliphatic carbocycles. The first kappa shape index (κ1) is 15.9. The van der Waals surface area contributed by atoms with Gasteiger partial charge in [-0.25, -0.2) is 8.78 Å². The van der Waals surface area contributed by atoms with E-state index in [1.54, 1.807) is 31.2 Å². The standard InChI is InChI=1S/C15H22F2O2/c1-5-15(18,10-13(16)17)11-6-8-12(9-7-11)19-14(2,3)4/h6-9,13,18H,5,10H2,1-4H3. The van der Waals surface area contributed by atoms with Crippen molar-refractivity contribution in [3.8, 4) is 5.75 Å². The lowest BCUT2D eigenvalue weighted by molar-refractivity contribution is -0.0295. The highest BCUT2D eigenvalue weighted by molar-refractivity contribution is 5.31. The van der Waals surface area contributed by atoms with Gasteiger partial charge in [0.25, 0.3) is 0 Å². The zero-order valence-electron chi connectivity index (χ0n) is 11.9. The average Bonchev–Trinajstić information content (AvgIpc) is 2.26. The Morgan fingerprint density at radius 2 is 1.68 bits per heavy atom. The van der Waals surface area contributed by atoms with Gasteiger partial charge >= 0.3 is 0 Å². The molecule has 0 heterocycles. The number of ether oxygens (including phenoxy) is 1. The maximum atomic E-state index is 12.5. The summed E-state index contributed by atoms with van der Waals surface area (Å²) in [6.45, 7) is 7.49. The quantitative estimate of drug-likeness (QED) is 0.873. The van der Waals surface area contributed by atoms with E-state index in [1.807, 2.05) is 20.8 Å². The van der Waals surface area contributed by atoms with Crippen LogP contribution in [0.5, 0.6) is 5.75 Å². The second kappa shape index (κ2) is 5.87. The van der Waals surface area contributed by atoms with Crippen LogP contribution in [0.1, 0.15) is 46.1 Å². The third-order valence-corrected chi connectivity index (χ3v) is 2.89. The number of aliphatic hydroxyl groups is 1. The molecule has 0 saturated heterocycles. The molecule has 0 saturated carbocycles. The third-order valence-electron chi connectivity index (χ3n) is 2.89. The molecule has 108 valence electrons. The van der Waals surface area contributed by atoms with E-state index in [-0.39, 0.29) is 12.0 Å². The molecule has 1 N–H and O–H groups in total. The van der Waals surface area contributed by atoms with Gasteiger partial charge in [-0.15, -0.1) is 0 Å². The lowest BCUT2D eigenvalue weighted by Crippen LogP contribution is -2.27. The molecule has 4 heteroatoms. The monoisotopic (exact) mass is 272 g/mol. The summed E-state index contributed by atoms with van der Waals surface area (Å²) in [5, 5.41) is 10.3. The molecule has 1 aromatic carbocycles. The third kappa shape index (κ3) is 4.78. The van der Waals surface area contributed by atoms with Gasteiger partial charge in [-0.2, -0.15) is 0 Å². The van der Waals surface area contributed by atoms with E-state index in [9.17, 15) is 13.9 Å². The van der Waals surface area contributed by atoms with Crippen LogP contribution in [0.4, 0.5) is 8.78 Å². The highest BCUT2D eigenvalue weighted by Crippen LogP contribution is 2.32. The molecular weight excluding hydrogens is 250 g/mol. The molecule has 0 aromatic heterocycles. The molecule has 19 heavy (non-hydrogen) atoms. The van der Waals surface area contributed by atoms with Crippen LogP contribution in [0.2, 0.25) is 0 Å². The van der Waals surface area contributed by atoms with Crippen molar-refractivity contribution in [1.82, 2.24) is 0 Å². The molecule has 0 amide bonds. The van der Waals surface area contributed by atoms with Gasteiger partial charge in [0.2, 0.25) is 6.43 Å². The molecule has 2 nitrogen and oxygen atoms in total. The highest BCUT2D eigenvalue weighted by Gasteiger charge is 2.31. The molecule has 1 aromatic rings. The van der Waals surface area contributed by atoms with Crippen LogP contribution in [-0.4, -0.2) is 17.1 Å². The maximum absolute atomic E-state index is 12.5. The van der Waals surface area contributed by atoms with Gasteiger partial charge in [0.15, 0.2) is 0 Å². The smallest absolute Gasteiger partial charge is 0.241 e. The van der Waals surface area contributed by atoms with Crippen molar-refractivity contribution in [2.75, 3.05) is 0 Å². The zero-order chi connectivity index (χ0) is 14.7. The molecule has 0 aliphatic rings. The fourth-order valence-corrected chi connectivity index (χ4v) is 1.91. The molecule has 1 atom stereocenters. The van der Waals surface area contributed by atoms with Crippen LogP contribution in [0.15, 0.2) is 24.3 Å². The fourth-order valence-electron chi connectivity index (χ4n) is 1.91. The number of hydrogen-bond acceptors (Lipinski definition) is 2. The largest absolute Gasteiger partial charge is 0.488 e. The number of hydrogen-bond donors (Lipinski definition) is 1. The molecular formula is C15H22F2O2. The Bertz CT molecular complexity index is 396. The number of rotatable bonds is 5. The summed E-state index contributed by atoms with van der Waals surface area (Å²) in [5.41, 5.74) is -1.29. The Labute approximate surface area is 113 Å². The summed E-state index contributed by atoms with van der Waals surface area (Å²) in [6, 6.07) is 6.69. The minimum absolute atomic E-state index is 0.247. The number of halogens is 2. The van der Waals surface area contributed by atoms with E-state index < -0.39 is 18.4 Å². The van der Waals surface area contributed by atoms with E-state index in [0.717, 1.165) is 0 Å². The van der Waals surface area contributed by atoms with Crippen LogP contribution in [-0.2, 0) is 5.60 Å². The summed E-state index contributed by atoms with van der Waals surface area (Å²) in [4.78, 5) is 0. The van der Waals surface area contributed by atoms with E-state index >= 15 is 0 Å². The summed E-state index contributed by atoms with van der Waals surface area (Å²) < 4.78 is 30.7. The minimum atomic E-state index is -2.53. The molecule has 1 rings (SSSR count).